The topological polar surface area (TPSA) is 99.8 Å². The van der Waals surface area contributed by atoms with Gasteiger partial charge in [0.2, 0.25) is 11.9 Å². The summed E-state index contributed by atoms with van der Waals surface area (Å²) in [5, 5.41) is 8.90. The minimum Gasteiger partial charge on any atom is -0.368 e. The molecule has 2 rings (SSSR count). The molecule has 6 nitrogen and oxygen atoms in total. The van der Waals surface area contributed by atoms with Gasteiger partial charge < -0.3 is 11.5 Å². The van der Waals surface area contributed by atoms with Crippen LogP contribution in [-0.2, 0) is 12.8 Å². The number of hydrogen-bond donors (Lipinski definition) is 2. The molecule has 1 amide bonds. The van der Waals surface area contributed by atoms with Crippen molar-refractivity contribution in [3.8, 4) is 0 Å². The second-order valence-electron chi connectivity index (χ2n) is 3.86. The number of nitrogens with two attached hydrogens (primary N) is 2. The molecule has 0 saturated carbocycles. The van der Waals surface area contributed by atoms with Gasteiger partial charge in [-0.2, -0.15) is 0 Å². The molecule has 2 aromatic rings. The van der Waals surface area contributed by atoms with Gasteiger partial charge in [0.1, 0.15) is 0 Å². The van der Waals surface area contributed by atoms with Gasteiger partial charge >= 0.3 is 0 Å². The molecule has 0 aliphatic rings. The molecule has 100 valence electrons. The number of hydrogen-bond acceptors (Lipinski definition) is 5. The zero-order chi connectivity index (χ0) is 14.0. The SMILES string of the molecule is Cn1c(N)nnc1SCc1ccc(C(N)=O)cc1Cl. The fraction of sp³-hybridized carbons (Fsp3) is 0.182. The van der Waals surface area contributed by atoms with Crippen molar-refractivity contribution in [1.29, 1.82) is 0 Å². The van der Waals surface area contributed by atoms with E-state index in [0.717, 1.165) is 5.56 Å². The van der Waals surface area contributed by atoms with E-state index in [1.54, 1.807) is 29.8 Å². The van der Waals surface area contributed by atoms with E-state index in [1.165, 1.54) is 11.8 Å². The van der Waals surface area contributed by atoms with Gasteiger partial charge in [0.15, 0.2) is 5.16 Å². The van der Waals surface area contributed by atoms with Gasteiger partial charge in [0, 0.05) is 23.4 Å². The summed E-state index contributed by atoms with van der Waals surface area (Å²) >= 11 is 7.55. The van der Waals surface area contributed by atoms with Crippen molar-refractivity contribution in [3.63, 3.8) is 0 Å². The van der Waals surface area contributed by atoms with Crippen LogP contribution < -0.4 is 11.5 Å². The first-order valence-electron chi connectivity index (χ1n) is 5.35. The van der Waals surface area contributed by atoms with Crippen molar-refractivity contribution in [2.24, 2.45) is 12.8 Å². The normalized spacial score (nSPS) is 10.6. The van der Waals surface area contributed by atoms with E-state index in [9.17, 15) is 4.79 Å². The number of halogens is 1. The van der Waals surface area contributed by atoms with E-state index < -0.39 is 5.91 Å². The molecule has 8 heteroatoms. The first kappa shape index (κ1) is 13.7. The monoisotopic (exact) mass is 297 g/mol. The molecule has 0 saturated heterocycles. The van der Waals surface area contributed by atoms with Crippen molar-refractivity contribution in [2.75, 3.05) is 5.73 Å². The first-order chi connectivity index (χ1) is 8.99. The summed E-state index contributed by atoms with van der Waals surface area (Å²) in [6, 6.07) is 4.98. The summed E-state index contributed by atoms with van der Waals surface area (Å²) in [6.45, 7) is 0. The van der Waals surface area contributed by atoms with Gasteiger partial charge in [0.25, 0.3) is 0 Å². The van der Waals surface area contributed by atoms with Crippen molar-refractivity contribution < 1.29 is 4.79 Å². The Balaban J connectivity index is 2.12. The predicted octanol–water partition coefficient (Wildman–Crippen LogP) is 1.44. The molecule has 0 fully saturated rings. The van der Waals surface area contributed by atoms with E-state index in [0.29, 0.717) is 27.4 Å². The minimum atomic E-state index is -0.498. The van der Waals surface area contributed by atoms with E-state index >= 15 is 0 Å². The molecular formula is C11H12ClN5OS. The summed E-state index contributed by atoms with van der Waals surface area (Å²) in [5.41, 5.74) is 12.1. The highest BCUT2D eigenvalue weighted by molar-refractivity contribution is 7.98. The fourth-order valence-electron chi connectivity index (χ4n) is 1.41. The molecular weight excluding hydrogens is 286 g/mol. The Morgan fingerprint density at radius 3 is 2.74 bits per heavy atom. The number of thioether (sulfide) groups is 1. The number of primary amides is 1. The van der Waals surface area contributed by atoms with Gasteiger partial charge in [-0.15, -0.1) is 10.2 Å². The average molecular weight is 298 g/mol. The number of anilines is 1. The Morgan fingerprint density at radius 1 is 1.47 bits per heavy atom. The third-order valence-electron chi connectivity index (χ3n) is 2.56. The number of amides is 1. The molecule has 1 heterocycles. The van der Waals surface area contributed by atoms with Crippen LogP contribution in [0.5, 0.6) is 0 Å². The van der Waals surface area contributed by atoms with Crippen molar-refractivity contribution >= 4 is 35.2 Å². The number of nitrogen functional groups attached to an aromatic ring is 1. The highest BCUT2D eigenvalue weighted by Gasteiger charge is 2.09. The average Bonchev–Trinajstić information content (AvgIpc) is 2.68. The maximum atomic E-state index is 11.0. The molecule has 0 aliphatic carbocycles. The van der Waals surface area contributed by atoms with Crippen LogP contribution in [0.25, 0.3) is 0 Å². The summed E-state index contributed by atoms with van der Waals surface area (Å²) in [7, 11) is 1.79. The lowest BCUT2D eigenvalue weighted by atomic mass is 10.1. The van der Waals surface area contributed by atoms with Crippen molar-refractivity contribution in [2.45, 2.75) is 10.9 Å². The van der Waals surface area contributed by atoms with E-state index in [4.69, 9.17) is 23.1 Å². The number of carbonyl (C=O) groups is 1. The van der Waals surface area contributed by atoms with Crippen LogP contribution in [0, 0.1) is 0 Å². The quantitative estimate of drug-likeness (QED) is 0.832. The Bertz CT molecular complexity index is 628. The first-order valence-corrected chi connectivity index (χ1v) is 6.71. The summed E-state index contributed by atoms with van der Waals surface area (Å²) < 4.78 is 1.69. The largest absolute Gasteiger partial charge is 0.368 e. The smallest absolute Gasteiger partial charge is 0.248 e. The lowest BCUT2D eigenvalue weighted by molar-refractivity contribution is 0.100. The van der Waals surface area contributed by atoms with Gasteiger partial charge in [-0.3, -0.25) is 9.36 Å². The molecule has 19 heavy (non-hydrogen) atoms. The van der Waals surface area contributed by atoms with Crippen LogP contribution >= 0.6 is 23.4 Å². The molecule has 0 unspecified atom stereocenters. The van der Waals surface area contributed by atoms with E-state index in [-0.39, 0.29) is 0 Å². The number of nitrogens with zero attached hydrogens (tertiary/aromatic N) is 3. The van der Waals surface area contributed by atoms with Gasteiger partial charge in [-0.25, -0.2) is 0 Å². The van der Waals surface area contributed by atoms with Crippen molar-refractivity contribution in [1.82, 2.24) is 14.8 Å². The fourth-order valence-corrected chi connectivity index (χ4v) is 2.66. The summed E-state index contributed by atoms with van der Waals surface area (Å²) in [4.78, 5) is 11.0. The molecule has 0 bridgehead atoms. The highest BCUT2D eigenvalue weighted by Crippen LogP contribution is 2.26. The molecule has 0 spiro atoms. The Hall–Kier alpha value is -1.73. The third-order valence-corrected chi connectivity index (χ3v) is 3.98. The molecule has 0 atom stereocenters. The maximum Gasteiger partial charge on any atom is 0.248 e. The van der Waals surface area contributed by atoms with Crippen LogP contribution in [0.3, 0.4) is 0 Å². The summed E-state index contributed by atoms with van der Waals surface area (Å²) in [5.74, 6) is 0.462. The molecule has 4 N–H and O–H groups in total. The maximum absolute atomic E-state index is 11.0. The molecule has 0 radical (unpaired) electrons. The summed E-state index contributed by atoms with van der Waals surface area (Å²) in [6.07, 6.45) is 0. The third kappa shape index (κ3) is 2.99. The number of benzene rings is 1. The molecule has 1 aromatic carbocycles. The Kier molecular flexibility index (Phi) is 3.96. The lowest BCUT2D eigenvalue weighted by Crippen LogP contribution is -2.10. The van der Waals surface area contributed by atoms with Gasteiger partial charge in [-0.1, -0.05) is 29.4 Å². The van der Waals surface area contributed by atoms with Crippen molar-refractivity contribution in [3.05, 3.63) is 34.3 Å². The Morgan fingerprint density at radius 2 is 2.21 bits per heavy atom. The van der Waals surface area contributed by atoms with E-state index in [1.807, 2.05) is 0 Å². The highest BCUT2D eigenvalue weighted by atomic mass is 35.5. The Labute approximate surface area is 119 Å². The minimum absolute atomic E-state index is 0.359. The lowest BCUT2D eigenvalue weighted by Gasteiger charge is -2.05. The van der Waals surface area contributed by atoms with Gasteiger partial charge in [0.05, 0.1) is 0 Å². The van der Waals surface area contributed by atoms with Crippen LogP contribution in [0.2, 0.25) is 5.02 Å². The predicted molar refractivity (Wildman–Crippen MR) is 74.9 cm³/mol. The van der Waals surface area contributed by atoms with Crippen LogP contribution in [-0.4, -0.2) is 20.7 Å². The zero-order valence-corrected chi connectivity index (χ0v) is 11.7. The standard InChI is InChI=1S/C11H12ClN5OS/c1-17-10(14)15-16-11(17)19-5-7-3-2-6(9(13)18)4-8(7)12/h2-4H,5H2,1H3,(H2,13,18)(H2,14,15). The van der Waals surface area contributed by atoms with Gasteiger partial charge in [-0.05, 0) is 17.7 Å². The zero-order valence-electron chi connectivity index (χ0n) is 10.1. The van der Waals surface area contributed by atoms with Crippen LogP contribution in [0.4, 0.5) is 5.95 Å². The van der Waals surface area contributed by atoms with E-state index in [2.05, 4.69) is 10.2 Å². The number of rotatable bonds is 4. The van der Waals surface area contributed by atoms with Crippen LogP contribution in [0.15, 0.2) is 23.4 Å². The molecule has 0 aliphatic heterocycles. The number of aromatic nitrogens is 3. The second-order valence-corrected chi connectivity index (χ2v) is 5.21. The number of carbonyl (C=O) groups excluding carboxylic acids is 1. The molecule has 1 aromatic heterocycles. The van der Waals surface area contributed by atoms with Crippen LogP contribution in [0.1, 0.15) is 15.9 Å². The second kappa shape index (κ2) is 5.50.